The molecule has 5 rings (SSSR count). The van der Waals surface area contributed by atoms with Crippen LogP contribution in [-0.2, 0) is 0 Å². The summed E-state index contributed by atoms with van der Waals surface area (Å²) >= 11 is 6.04. The van der Waals surface area contributed by atoms with E-state index in [-0.39, 0.29) is 11.7 Å². The second-order valence-corrected chi connectivity index (χ2v) is 10.1. The van der Waals surface area contributed by atoms with E-state index >= 15 is 0 Å². The number of likely N-dealkylation sites (N-methyl/N-ethyl adjacent to an activating group) is 1. The van der Waals surface area contributed by atoms with E-state index in [1.165, 1.54) is 18.2 Å². The first kappa shape index (κ1) is 26.7. The van der Waals surface area contributed by atoms with E-state index in [0.717, 1.165) is 37.3 Å². The number of halogens is 2. The maximum Gasteiger partial charge on any atom is 0.415 e. The molecule has 1 aliphatic heterocycles. The topological polar surface area (TPSA) is 86.7 Å². The van der Waals surface area contributed by atoms with Gasteiger partial charge in [-0.15, -0.1) is 0 Å². The Morgan fingerprint density at radius 3 is 2.72 bits per heavy atom. The molecule has 0 bridgehead atoms. The number of piperazine rings is 1. The quantitative estimate of drug-likeness (QED) is 0.348. The van der Waals surface area contributed by atoms with E-state index in [1.807, 2.05) is 12.1 Å². The minimum Gasteiger partial charge on any atom is -0.410 e. The molecule has 0 aliphatic carbocycles. The predicted octanol–water partition coefficient (Wildman–Crippen LogP) is 4.91. The van der Waals surface area contributed by atoms with Gasteiger partial charge in [-0.25, -0.2) is 9.18 Å². The fourth-order valence-corrected chi connectivity index (χ4v) is 4.55. The molecule has 0 atom stereocenters. The van der Waals surface area contributed by atoms with Crippen LogP contribution in [0.25, 0.3) is 22.2 Å². The molecule has 4 aromatic rings. The van der Waals surface area contributed by atoms with Crippen LogP contribution in [0, 0.1) is 5.82 Å². The SMILES string of the molecule is CN(C)CCN1CCN(C(=O)Oc2ccc3c(Nc4cnnc(-c5cc(Cl)ccc5F)c4)ccnc3c2)CC1. The van der Waals surface area contributed by atoms with Crippen LogP contribution in [0.5, 0.6) is 5.75 Å². The van der Waals surface area contributed by atoms with Crippen molar-refractivity contribution >= 4 is 40.0 Å². The molecule has 39 heavy (non-hydrogen) atoms. The zero-order chi connectivity index (χ0) is 27.4. The Kier molecular flexibility index (Phi) is 8.16. The highest BCUT2D eigenvalue weighted by Crippen LogP contribution is 2.30. The molecule has 0 unspecified atom stereocenters. The Hall–Kier alpha value is -3.86. The number of hydrogen-bond acceptors (Lipinski definition) is 8. The molecular weight excluding hydrogens is 521 g/mol. The highest BCUT2D eigenvalue weighted by Gasteiger charge is 2.22. The number of anilines is 2. The van der Waals surface area contributed by atoms with Crippen LogP contribution in [-0.4, -0.2) is 89.3 Å². The van der Waals surface area contributed by atoms with Crippen LogP contribution in [0.15, 0.2) is 60.9 Å². The summed E-state index contributed by atoms with van der Waals surface area (Å²) in [4.78, 5) is 23.5. The van der Waals surface area contributed by atoms with Crippen molar-refractivity contribution < 1.29 is 13.9 Å². The van der Waals surface area contributed by atoms with E-state index < -0.39 is 5.82 Å². The normalized spacial score (nSPS) is 14.1. The first-order valence-electron chi connectivity index (χ1n) is 12.6. The second-order valence-electron chi connectivity index (χ2n) is 9.62. The van der Waals surface area contributed by atoms with Crippen LogP contribution >= 0.6 is 11.6 Å². The minimum absolute atomic E-state index is 0.264. The van der Waals surface area contributed by atoms with Gasteiger partial charge in [0.2, 0.25) is 0 Å². The van der Waals surface area contributed by atoms with Crippen LogP contribution in [0.3, 0.4) is 0 Å². The van der Waals surface area contributed by atoms with Crippen molar-refractivity contribution in [2.75, 3.05) is 58.7 Å². The zero-order valence-corrected chi connectivity index (χ0v) is 22.5. The first-order valence-corrected chi connectivity index (χ1v) is 13.0. The minimum atomic E-state index is -0.437. The third-order valence-corrected chi connectivity index (χ3v) is 6.79. The lowest BCUT2D eigenvalue weighted by molar-refractivity contribution is 0.107. The molecular formula is C28H29ClFN7O2. The number of pyridine rings is 1. The Balaban J connectivity index is 1.27. The smallest absolute Gasteiger partial charge is 0.410 e. The van der Waals surface area contributed by atoms with Crippen LogP contribution in [0.1, 0.15) is 0 Å². The van der Waals surface area contributed by atoms with Gasteiger partial charge >= 0.3 is 6.09 Å². The lowest BCUT2D eigenvalue weighted by atomic mass is 10.1. The number of ether oxygens (including phenoxy) is 1. The third kappa shape index (κ3) is 6.59. The molecule has 2 aromatic carbocycles. The van der Waals surface area contributed by atoms with Gasteiger partial charge in [-0.05, 0) is 56.6 Å². The van der Waals surface area contributed by atoms with E-state index in [2.05, 4.69) is 44.4 Å². The number of carbonyl (C=O) groups is 1. The van der Waals surface area contributed by atoms with Crippen LogP contribution < -0.4 is 10.1 Å². The van der Waals surface area contributed by atoms with Crippen molar-refractivity contribution in [2.45, 2.75) is 0 Å². The number of carbonyl (C=O) groups excluding carboxylic acids is 1. The van der Waals surface area contributed by atoms with Gasteiger partial charge in [-0.1, -0.05) is 11.6 Å². The fraction of sp³-hybridized carbons (Fsp3) is 0.286. The summed E-state index contributed by atoms with van der Waals surface area (Å²) in [6.07, 6.45) is 2.85. The van der Waals surface area contributed by atoms with Gasteiger partial charge in [0.05, 0.1) is 23.1 Å². The highest BCUT2D eigenvalue weighted by atomic mass is 35.5. The monoisotopic (exact) mass is 549 g/mol. The number of aromatic nitrogens is 3. The summed E-state index contributed by atoms with van der Waals surface area (Å²) in [6.45, 7) is 4.89. The van der Waals surface area contributed by atoms with E-state index in [4.69, 9.17) is 16.3 Å². The average Bonchev–Trinajstić information content (AvgIpc) is 2.93. The molecule has 9 nitrogen and oxygen atoms in total. The Bertz CT molecular complexity index is 1480. The molecule has 1 amide bonds. The van der Waals surface area contributed by atoms with Crippen molar-refractivity contribution in [3.8, 4) is 17.0 Å². The summed E-state index contributed by atoms with van der Waals surface area (Å²) in [7, 11) is 4.12. The van der Waals surface area contributed by atoms with Crippen molar-refractivity contribution in [1.29, 1.82) is 0 Å². The molecule has 1 N–H and O–H groups in total. The van der Waals surface area contributed by atoms with E-state index in [1.54, 1.807) is 35.5 Å². The molecule has 3 heterocycles. The van der Waals surface area contributed by atoms with Gasteiger partial charge in [0.25, 0.3) is 0 Å². The van der Waals surface area contributed by atoms with Crippen molar-refractivity contribution in [3.63, 3.8) is 0 Å². The number of amides is 1. The maximum absolute atomic E-state index is 14.3. The highest BCUT2D eigenvalue weighted by molar-refractivity contribution is 6.30. The van der Waals surface area contributed by atoms with E-state index in [9.17, 15) is 9.18 Å². The van der Waals surface area contributed by atoms with Gasteiger partial charge in [-0.2, -0.15) is 10.2 Å². The molecule has 202 valence electrons. The number of benzene rings is 2. The molecule has 0 spiro atoms. The number of rotatable bonds is 7. The second kappa shape index (κ2) is 11.9. The van der Waals surface area contributed by atoms with E-state index in [0.29, 0.717) is 40.8 Å². The first-order chi connectivity index (χ1) is 18.9. The van der Waals surface area contributed by atoms with Crippen molar-refractivity contribution in [3.05, 3.63) is 71.8 Å². The van der Waals surface area contributed by atoms with Crippen LogP contribution in [0.2, 0.25) is 5.02 Å². The third-order valence-electron chi connectivity index (χ3n) is 6.55. The summed E-state index contributed by atoms with van der Waals surface area (Å²) < 4.78 is 20.0. The molecule has 0 saturated carbocycles. The number of fused-ring (bicyclic) bond motifs is 1. The zero-order valence-electron chi connectivity index (χ0n) is 21.8. The Morgan fingerprint density at radius 2 is 1.92 bits per heavy atom. The Morgan fingerprint density at radius 1 is 1.10 bits per heavy atom. The largest absolute Gasteiger partial charge is 0.415 e. The summed E-state index contributed by atoms with van der Waals surface area (Å²) in [5.41, 5.74) is 2.65. The lowest BCUT2D eigenvalue weighted by Gasteiger charge is -2.34. The standard InChI is InChI=1S/C28H29ClFN7O2/c1-35(2)9-10-36-11-13-37(14-12-36)28(38)39-21-4-5-22-25(7-8-31-26(22)17-21)33-20-16-27(34-32-18-20)23-15-19(29)3-6-24(23)30/h3-8,15-18H,9-14H2,1-2H3,(H,31,33,34). The number of hydrogen-bond donors (Lipinski definition) is 1. The average molecular weight is 550 g/mol. The summed E-state index contributed by atoms with van der Waals surface area (Å²) in [5, 5.41) is 12.6. The fourth-order valence-electron chi connectivity index (χ4n) is 4.38. The Labute approximate surface area is 231 Å². The van der Waals surface area contributed by atoms with Crippen molar-refractivity contribution in [2.24, 2.45) is 0 Å². The number of nitrogens with one attached hydrogen (secondary N) is 1. The maximum atomic E-state index is 14.3. The summed E-state index contributed by atoms with van der Waals surface area (Å²) in [5.74, 6) is -0.00928. The van der Waals surface area contributed by atoms with Gasteiger partial charge in [0, 0.05) is 73.2 Å². The molecule has 2 aromatic heterocycles. The van der Waals surface area contributed by atoms with Crippen molar-refractivity contribution in [1.82, 2.24) is 29.9 Å². The van der Waals surface area contributed by atoms with Crippen LogP contribution in [0.4, 0.5) is 20.6 Å². The molecule has 1 fully saturated rings. The van der Waals surface area contributed by atoms with Gasteiger partial charge in [0.15, 0.2) is 0 Å². The lowest BCUT2D eigenvalue weighted by Crippen LogP contribution is -2.50. The molecule has 1 aliphatic rings. The van der Waals surface area contributed by atoms with Gasteiger partial charge < -0.3 is 19.9 Å². The molecule has 0 radical (unpaired) electrons. The predicted molar refractivity (Wildman–Crippen MR) is 150 cm³/mol. The van der Waals surface area contributed by atoms with Gasteiger partial charge in [-0.3, -0.25) is 9.88 Å². The molecule has 11 heteroatoms. The number of nitrogens with zero attached hydrogens (tertiary/aromatic N) is 6. The molecule has 1 saturated heterocycles. The van der Waals surface area contributed by atoms with Gasteiger partial charge in [0.1, 0.15) is 11.6 Å². The summed E-state index contributed by atoms with van der Waals surface area (Å²) in [6, 6.07) is 13.2.